The number of benzene rings is 1. The van der Waals surface area contributed by atoms with E-state index in [4.69, 9.17) is 0 Å². The summed E-state index contributed by atoms with van der Waals surface area (Å²) >= 11 is 0. The van der Waals surface area contributed by atoms with Gasteiger partial charge in [0, 0.05) is 24.0 Å². The predicted octanol–water partition coefficient (Wildman–Crippen LogP) is 2.39. The van der Waals surface area contributed by atoms with Crippen LogP contribution in [0, 0.1) is 0 Å². The number of aromatic nitrogens is 2. The highest BCUT2D eigenvalue weighted by atomic mass is 16.1. The lowest BCUT2D eigenvalue weighted by Crippen LogP contribution is -2.17. The maximum Gasteiger partial charge on any atom is 0.262 e. The number of nitrogens with zero attached hydrogens (tertiary/aromatic N) is 2. The van der Waals surface area contributed by atoms with Gasteiger partial charge in [-0.15, -0.1) is 0 Å². The van der Waals surface area contributed by atoms with Crippen LogP contribution in [0.25, 0.3) is 16.5 Å². The van der Waals surface area contributed by atoms with Crippen molar-refractivity contribution in [2.45, 2.75) is 0 Å². The highest BCUT2D eigenvalue weighted by Crippen LogP contribution is 2.10. The van der Waals surface area contributed by atoms with Crippen molar-refractivity contribution in [1.29, 1.82) is 0 Å². The molecule has 0 aliphatic rings. The third kappa shape index (κ3) is 1.61. The summed E-state index contributed by atoms with van der Waals surface area (Å²) in [7, 11) is 0. The number of hydrogen-bond donors (Lipinski definition) is 0. The Kier molecular flexibility index (Phi) is 2.22. The van der Waals surface area contributed by atoms with Gasteiger partial charge in [-0.1, -0.05) is 18.2 Å². The van der Waals surface area contributed by atoms with Crippen LogP contribution in [0.2, 0.25) is 0 Å². The van der Waals surface area contributed by atoms with Crippen molar-refractivity contribution in [3.8, 4) is 5.69 Å². The molecule has 1 aromatic carbocycles. The zero-order valence-corrected chi connectivity index (χ0v) is 9.08. The molecule has 0 amide bonds. The van der Waals surface area contributed by atoms with Crippen molar-refractivity contribution in [2.24, 2.45) is 0 Å². The summed E-state index contributed by atoms with van der Waals surface area (Å²) in [6.07, 6.45) is 5.15. The first-order chi connectivity index (χ1) is 8.36. The Morgan fingerprint density at radius 1 is 0.941 bits per heavy atom. The first-order valence-electron chi connectivity index (χ1n) is 5.37. The molecular formula is C14H10N2O. The number of fused-ring (bicyclic) bond motifs is 1. The Hall–Kier alpha value is -2.42. The molecule has 2 heterocycles. The zero-order valence-electron chi connectivity index (χ0n) is 9.08. The van der Waals surface area contributed by atoms with Crippen LogP contribution in [-0.2, 0) is 0 Å². The SMILES string of the molecule is O=c1c2ccccc2ccn1-c1ccncc1. The quantitative estimate of drug-likeness (QED) is 0.633. The van der Waals surface area contributed by atoms with Crippen molar-refractivity contribution in [1.82, 2.24) is 9.55 Å². The van der Waals surface area contributed by atoms with Crippen LogP contribution in [0.5, 0.6) is 0 Å². The van der Waals surface area contributed by atoms with E-state index in [1.807, 2.05) is 42.5 Å². The minimum Gasteiger partial charge on any atom is -0.284 e. The van der Waals surface area contributed by atoms with E-state index >= 15 is 0 Å². The molecule has 17 heavy (non-hydrogen) atoms. The lowest BCUT2D eigenvalue weighted by molar-refractivity contribution is 1.00. The summed E-state index contributed by atoms with van der Waals surface area (Å²) in [4.78, 5) is 16.2. The second-order valence-electron chi connectivity index (χ2n) is 3.78. The molecule has 0 N–H and O–H groups in total. The van der Waals surface area contributed by atoms with Crippen LogP contribution in [0.15, 0.2) is 65.8 Å². The molecule has 0 bridgehead atoms. The maximum atomic E-state index is 12.3. The average molecular weight is 222 g/mol. The van der Waals surface area contributed by atoms with E-state index in [1.54, 1.807) is 23.2 Å². The first kappa shape index (κ1) is 9.78. The molecule has 0 unspecified atom stereocenters. The minimum absolute atomic E-state index is 0.00528. The van der Waals surface area contributed by atoms with E-state index in [-0.39, 0.29) is 5.56 Å². The van der Waals surface area contributed by atoms with Crippen molar-refractivity contribution in [3.63, 3.8) is 0 Å². The van der Waals surface area contributed by atoms with Gasteiger partial charge in [0.2, 0.25) is 0 Å². The van der Waals surface area contributed by atoms with Crippen LogP contribution in [-0.4, -0.2) is 9.55 Å². The van der Waals surface area contributed by atoms with E-state index < -0.39 is 0 Å². The molecule has 0 spiro atoms. The summed E-state index contributed by atoms with van der Waals surface area (Å²) in [5, 5.41) is 1.69. The highest BCUT2D eigenvalue weighted by Gasteiger charge is 2.02. The van der Waals surface area contributed by atoms with Crippen LogP contribution >= 0.6 is 0 Å². The molecule has 3 aromatic rings. The van der Waals surface area contributed by atoms with Gasteiger partial charge in [-0.05, 0) is 29.7 Å². The highest BCUT2D eigenvalue weighted by molar-refractivity contribution is 5.81. The molecule has 0 aliphatic carbocycles. The zero-order chi connectivity index (χ0) is 11.7. The fourth-order valence-corrected chi connectivity index (χ4v) is 1.90. The lowest BCUT2D eigenvalue weighted by atomic mass is 10.2. The third-order valence-corrected chi connectivity index (χ3v) is 2.75. The molecule has 0 saturated carbocycles. The molecule has 0 atom stereocenters. The van der Waals surface area contributed by atoms with Crippen molar-refractivity contribution < 1.29 is 0 Å². The van der Waals surface area contributed by atoms with Crippen LogP contribution in [0.4, 0.5) is 0 Å². The smallest absolute Gasteiger partial charge is 0.262 e. The second kappa shape index (κ2) is 3.87. The molecule has 3 nitrogen and oxygen atoms in total. The Morgan fingerprint density at radius 3 is 2.53 bits per heavy atom. The number of hydrogen-bond acceptors (Lipinski definition) is 2. The summed E-state index contributed by atoms with van der Waals surface area (Å²) in [6, 6.07) is 13.2. The molecule has 3 rings (SSSR count). The second-order valence-corrected chi connectivity index (χ2v) is 3.78. The van der Waals surface area contributed by atoms with Crippen molar-refractivity contribution >= 4 is 10.8 Å². The molecule has 0 radical (unpaired) electrons. The van der Waals surface area contributed by atoms with Gasteiger partial charge in [-0.3, -0.25) is 14.3 Å². The topological polar surface area (TPSA) is 34.9 Å². The van der Waals surface area contributed by atoms with Gasteiger partial charge in [0.25, 0.3) is 5.56 Å². The van der Waals surface area contributed by atoms with Gasteiger partial charge in [0.05, 0.1) is 5.69 Å². The van der Waals surface area contributed by atoms with Gasteiger partial charge < -0.3 is 0 Å². The van der Waals surface area contributed by atoms with E-state index in [9.17, 15) is 4.79 Å². The van der Waals surface area contributed by atoms with Crippen LogP contribution in [0.3, 0.4) is 0 Å². The first-order valence-corrected chi connectivity index (χ1v) is 5.37. The van der Waals surface area contributed by atoms with E-state index in [2.05, 4.69) is 4.98 Å². The summed E-state index contributed by atoms with van der Waals surface area (Å²) in [5.41, 5.74) is 0.824. The standard InChI is InChI=1S/C14H10N2O/c17-14-13-4-2-1-3-11(13)7-10-16(14)12-5-8-15-9-6-12/h1-10H. The average Bonchev–Trinajstić information content (AvgIpc) is 2.40. The third-order valence-electron chi connectivity index (χ3n) is 2.75. The summed E-state index contributed by atoms with van der Waals surface area (Å²) < 4.78 is 1.63. The maximum absolute atomic E-state index is 12.3. The molecule has 82 valence electrons. The summed E-state index contributed by atoms with van der Waals surface area (Å²) in [6.45, 7) is 0. The number of rotatable bonds is 1. The van der Waals surface area contributed by atoms with E-state index in [0.717, 1.165) is 16.5 Å². The van der Waals surface area contributed by atoms with E-state index in [0.29, 0.717) is 0 Å². The lowest BCUT2D eigenvalue weighted by Gasteiger charge is -2.06. The molecule has 0 saturated heterocycles. The van der Waals surface area contributed by atoms with Crippen molar-refractivity contribution in [2.75, 3.05) is 0 Å². The summed E-state index contributed by atoms with van der Waals surface area (Å²) in [5.74, 6) is 0. The van der Waals surface area contributed by atoms with Gasteiger partial charge in [0.1, 0.15) is 0 Å². The molecule has 0 aliphatic heterocycles. The molecular weight excluding hydrogens is 212 g/mol. The normalized spacial score (nSPS) is 10.6. The van der Waals surface area contributed by atoms with Crippen LogP contribution < -0.4 is 5.56 Å². The predicted molar refractivity (Wildman–Crippen MR) is 67.3 cm³/mol. The van der Waals surface area contributed by atoms with Gasteiger partial charge in [-0.25, -0.2) is 0 Å². The Labute approximate surface area is 98.0 Å². The molecule has 0 fully saturated rings. The minimum atomic E-state index is -0.00528. The van der Waals surface area contributed by atoms with Crippen LogP contribution in [0.1, 0.15) is 0 Å². The van der Waals surface area contributed by atoms with Crippen molar-refractivity contribution in [3.05, 3.63) is 71.4 Å². The Balaban J connectivity index is 2.33. The monoisotopic (exact) mass is 222 g/mol. The molecule has 3 heteroatoms. The largest absolute Gasteiger partial charge is 0.284 e. The molecule has 2 aromatic heterocycles. The fraction of sp³-hybridized carbons (Fsp3) is 0. The Morgan fingerprint density at radius 2 is 1.71 bits per heavy atom. The fourth-order valence-electron chi connectivity index (χ4n) is 1.90. The van der Waals surface area contributed by atoms with Gasteiger partial charge in [-0.2, -0.15) is 0 Å². The number of pyridine rings is 2. The van der Waals surface area contributed by atoms with Gasteiger partial charge >= 0.3 is 0 Å². The Bertz CT molecular complexity index is 717. The van der Waals surface area contributed by atoms with Gasteiger partial charge in [0.15, 0.2) is 0 Å². The van der Waals surface area contributed by atoms with E-state index in [1.165, 1.54) is 0 Å².